The number of likely N-dealkylation sites (tertiary alicyclic amines) is 1. The van der Waals surface area contributed by atoms with Gasteiger partial charge in [0.25, 0.3) is 5.91 Å². The van der Waals surface area contributed by atoms with E-state index in [2.05, 4.69) is 48.3 Å². The van der Waals surface area contributed by atoms with Gasteiger partial charge in [-0.2, -0.15) is 0 Å². The van der Waals surface area contributed by atoms with E-state index in [9.17, 15) is 24.0 Å². The molecule has 5 atom stereocenters. The van der Waals surface area contributed by atoms with Crippen molar-refractivity contribution >= 4 is 29.5 Å². The normalized spacial score (nSPS) is 33.9. The van der Waals surface area contributed by atoms with E-state index >= 15 is 0 Å². The minimum Gasteiger partial charge on any atom is -0.349 e. The van der Waals surface area contributed by atoms with Crippen LogP contribution in [-0.2, 0) is 19.2 Å². The van der Waals surface area contributed by atoms with E-state index in [0.29, 0.717) is 37.1 Å². The van der Waals surface area contributed by atoms with Crippen molar-refractivity contribution < 1.29 is 24.0 Å². The molecule has 0 radical (unpaired) electrons. The second-order valence-electron chi connectivity index (χ2n) is 16.7. The highest BCUT2D eigenvalue weighted by Gasteiger charge is 2.70. The Labute approximate surface area is 286 Å². The lowest BCUT2D eigenvalue weighted by Gasteiger charge is -2.56. The van der Waals surface area contributed by atoms with Crippen LogP contribution >= 0.6 is 0 Å². The molecule has 0 aromatic rings. The molecule has 1 saturated heterocycles. The van der Waals surface area contributed by atoms with E-state index in [0.717, 1.165) is 51.4 Å². The van der Waals surface area contributed by atoms with Crippen molar-refractivity contribution in [2.24, 2.45) is 40.9 Å². The van der Waals surface area contributed by atoms with E-state index in [1.165, 1.54) is 19.3 Å². The number of fused-ring (bicyclic) bond motifs is 1. The highest BCUT2D eigenvalue weighted by molar-refractivity contribution is 6.38. The van der Waals surface area contributed by atoms with Crippen molar-refractivity contribution in [3.05, 3.63) is 25.3 Å². The summed E-state index contributed by atoms with van der Waals surface area (Å²) in [6.45, 7) is 12.3. The van der Waals surface area contributed by atoms with Crippen LogP contribution in [0.2, 0.25) is 0 Å². The van der Waals surface area contributed by atoms with Gasteiger partial charge < -0.3 is 26.2 Å². The van der Waals surface area contributed by atoms with Crippen molar-refractivity contribution in [3.63, 3.8) is 0 Å². The minimum atomic E-state index is -1.03. The van der Waals surface area contributed by atoms with Gasteiger partial charge in [0.2, 0.25) is 17.6 Å². The topological polar surface area (TPSA) is 137 Å². The van der Waals surface area contributed by atoms with Gasteiger partial charge in [0, 0.05) is 18.6 Å². The van der Waals surface area contributed by atoms with Crippen LogP contribution in [-0.4, -0.2) is 71.2 Å². The number of nitrogens with zero attached hydrogens (tertiary/aromatic N) is 1. The molecule has 4 bridgehead atoms. The molecule has 5 amide bonds. The van der Waals surface area contributed by atoms with Gasteiger partial charge in [-0.25, -0.2) is 4.79 Å². The third-order valence-electron chi connectivity index (χ3n) is 13.0. The highest BCUT2D eigenvalue weighted by Crippen LogP contribution is 2.65. The monoisotopic (exact) mass is 663 g/mol. The quantitative estimate of drug-likeness (QED) is 0.124. The highest BCUT2D eigenvalue weighted by atomic mass is 16.2. The molecule has 0 aromatic heterocycles. The number of carbonyl (C=O) groups is 5. The maximum absolute atomic E-state index is 14.6. The Kier molecular flexibility index (Phi) is 10.1. The Morgan fingerprint density at radius 3 is 2.10 bits per heavy atom. The molecule has 1 aliphatic heterocycles. The first-order chi connectivity index (χ1) is 23.0. The smallest absolute Gasteiger partial charge is 0.315 e. The molecule has 264 valence electrons. The van der Waals surface area contributed by atoms with Gasteiger partial charge >= 0.3 is 6.03 Å². The molecule has 10 nitrogen and oxygen atoms in total. The first kappa shape index (κ1) is 34.7. The van der Waals surface area contributed by atoms with E-state index in [-0.39, 0.29) is 53.6 Å². The van der Waals surface area contributed by atoms with Crippen LogP contribution in [0.15, 0.2) is 25.3 Å². The van der Waals surface area contributed by atoms with Gasteiger partial charge in [0.1, 0.15) is 12.1 Å². The van der Waals surface area contributed by atoms with Gasteiger partial charge in [-0.1, -0.05) is 45.3 Å². The Morgan fingerprint density at radius 2 is 1.50 bits per heavy atom. The lowest BCUT2D eigenvalue weighted by Crippen LogP contribution is -2.64. The Balaban J connectivity index is 1.18. The molecule has 6 aliphatic carbocycles. The van der Waals surface area contributed by atoms with Crippen molar-refractivity contribution in [1.29, 1.82) is 0 Å². The van der Waals surface area contributed by atoms with Crippen LogP contribution in [0, 0.1) is 40.9 Å². The number of urea groups is 1. The van der Waals surface area contributed by atoms with Gasteiger partial charge in [0.15, 0.2) is 0 Å². The molecule has 4 N–H and O–H groups in total. The summed E-state index contributed by atoms with van der Waals surface area (Å²) in [5.74, 6) is 0.0697. The van der Waals surface area contributed by atoms with E-state index in [1.54, 1.807) is 17.1 Å². The third kappa shape index (κ3) is 6.95. The molecule has 7 fully saturated rings. The Morgan fingerprint density at radius 1 is 0.875 bits per heavy atom. The maximum Gasteiger partial charge on any atom is 0.315 e. The molecule has 48 heavy (non-hydrogen) atoms. The molecule has 6 saturated carbocycles. The maximum atomic E-state index is 14.6. The summed E-state index contributed by atoms with van der Waals surface area (Å²) >= 11 is 0. The molecule has 0 spiro atoms. The van der Waals surface area contributed by atoms with Crippen LogP contribution in [0.1, 0.15) is 104 Å². The molecule has 7 aliphatic rings. The number of allylic oxidation sites excluding steroid dienone is 1. The van der Waals surface area contributed by atoms with Crippen molar-refractivity contribution in [2.75, 3.05) is 13.1 Å². The summed E-state index contributed by atoms with van der Waals surface area (Å²) in [4.78, 5) is 70.2. The standard InChI is InChI=1S/C38H57N5O5/c1-5-7-14-28(32(44)34(46)39-15-8-6-2)40-33(45)31-29-27(37(29,3)4)22-43(31)35(47)30(26-12-10-9-11-13-26)41-36(48)42-38-19-23-16-24(20-38)18-25(17-23)21-38/h5-6,23-31H,1-2,7-22H2,3-4H3,(H,39,46)(H,40,45)(H2,41,42,48)/t23?,24?,25?,27?,28-,29?,30+,31+,38?/m1/s1. The third-order valence-corrected chi connectivity index (χ3v) is 13.0. The number of carbonyl (C=O) groups excluding carboxylic acids is 5. The fraction of sp³-hybridized carbons (Fsp3) is 0.763. The summed E-state index contributed by atoms with van der Waals surface area (Å²) in [5, 5.41) is 12.1. The summed E-state index contributed by atoms with van der Waals surface area (Å²) in [7, 11) is 0. The van der Waals surface area contributed by atoms with Gasteiger partial charge in [-0.05, 0) is 112 Å². The van der Waals surface area contributed by atoms with E-state index in [4.69, 9.17) is 0 Å². The average Bonchev–Trinajstić information content (AvgIpc) is 3.35. The van der Waals surface area contributed by atoms with E-state index in [1.807, 2.05) is 0 Å². The number of Topliss-reactive ketones (excluding diaryl/α,β-unsaturated/α-hetero) is 1. The van der Waals surface area contributed by atoms with Crippen molar-refractivity contribution in [3.8, 4) is 0 Å². The van der Waals surface area contributed by atoms with Crippen LogP contribution in [0.3, 0.4) is 0 Å². The zero-order valence-corrected chi connectivity index (χ0v) is 29.1. The largest absolute Gasteiger partial charge is 0.349 e. The predicted octanol–water partition coefficient (Wildman–Crippen LogP) is 4.40. The van der Waals surface area contributed by atoms with Crippen LogP contribution < -0.4 is 21.3 Å². The number of rotatable bonds is 14. The number of ketones is 1. The minimum absolute atomic E-state index is 0.00295. The van der Waals surface area contributed by atoms with Crippen LogP contribution in [0.4, 0.5) is 4.79 Å². The summed E-state index contributed by atoms with van der Waals surface area (Å²) in [5.41, 5.74) is -0.309. The molecule has 2 unspecified atom stereocenters. The predicted molar refractivity (Wildman–Crippen MR) is 183 cm³/mol. The Hall–Kier alpha value is -3.17. The lowest BCUT2D eigenvalue weighted by molar-refractivity contribution is -0.144. The number of hydrogen-bond acceptors (Lipinski definition) is 5. The van der Waals surface area contributed by atoms with Gasteiger partial charge in [-0.15, -0.1) is 13.2 Å². The fourth-order valence-electron chi connectivity index (χ4n) is 10.9. The second kappa shape index (κ2) is 14.0. The lowest BCUT2D eigenvalue weighted by atomic mass is 9.53. The average molecular weight is 664 g/mol. The molecular weight excluding hydrogens is 606 g/mol. The SMILES string of the molecule is C=CCCNC(=O)C(=O)[C@@H](CCC=C)NC(=O)[C@@H]1C2C(CN1C(=O)[C@@H](NC(=O)NC13CC4CC(CC(C4)C1)C3)C1CCCCC1)C2(C)C. The molecule has 0 aromatic carbocycles. The molecule has 10 heteroatoms. The van der Waals surface area contributed by atoms with Gasteiger partial charge in [-0.3, -0.25) is 19.2 Å². The fourth-order valence-corrected chi connectivity index (χ4v) is 10.9. The Bertz CT molecular complexity index is 1270. The van der Waals surface area contributed by atoms with Crippen LogP contribution in [0.5, 0.6) is 0 Å². The van der Waals surface area contributed by atoms with Crippen molar-refractivity contribution in [1.82, 2.24) is 26.2 Å². The van der Waals surface area contributed by atoms with Gasteiger partial charge in [0.05, 0.1) is 6.04 Å². The summed E-state index contributed by atoms with van der Waals surface area (Å²) in [6, 6.07) is -2.79. The molecular formula is C38H57N5O5. The summed E-state index contributed by atoms with van der Waals surface area (Å²) in [6.07, 6.45) is 16.3. The first-order valence-corrected chi connectivity index (χ1v) is 18.7. The number of piperidine rings is 1. The van der Waals surface area contributed by atoms with E-state index < -0.39 is 35.7 Å². The number of hydrogen-bond donors (Lipinski definition) is 4. The van der Waals surface area contributed by atoms with Crippen LogP contribution in [0.25, 0.3) is 0 Å². The zero-order chi connectivity index (χ0) is 34.2. The second-order valence-corrected chi connectivity index (χ2v) is 16.7. The van der Waals surface area contributed by atoms with Crippen molar-refractivity contribution in [2.45, 2.75) is 127 Å². The number of nitrogens with one attached hydrogen (secondary N) is 4. The molecule has 7 rings (SSSR count). The number of amides is 5. The first-order valence-electron chi connectivity index (χ1n) is 18.7. The summed E-state index contributed by atoms with van der Waals surface area (Å²) < 4.78 is 0. The molecule has 1 heterocycles. The zero-order valence-electron chi connectivity index (χ0n) is 29.1.